The predicted molar refractivity (Wildman–Crippen MR) is 95.9 cm³/mol. The van der Waals surface area contributed by atoms with Gasteiger partial charge in [-0.3, -0.25) is 0 Å². The molecule has 1 unspecified atom stereocenters. The Hall–Kier alpha value is -0.0400. The topological polar surface area (TPSA) is 9.23 Å². The Labute approximate surface area is 135 Å². The molecule has 0 heterocycles. The van der Waals surface area contributed by atoms with Crippen LogP contribution in [0.25, 0.3) is 0 Å². The van der Waals surface area contributed by atoms with Crippen LogP contribution in [0.1, 0.15) is 111 Å². The summed E-state index contributed by atoms with van der Waals surface area (Å²) in [5.41, 5.74) is 0. The standard InChI is InChI=1S/C20H42O/c1-5-6-7-8-9-10-11-12-13-14-15-16-17-20(4)21-18-19(2)3/h19-20H,5-18H2,1-4H3. The fourth-order valence-electron chi connectivity index (χ4n) is 2.71. The summed E-state index contributed by atoms with van der Waals surface area (Å²) in [6.45, 7) is 9.87. The fraction of sp³-hybridized carbons (Fsp3) is 1.00. The molecule has 0 amide bonds. The second-order valence-electron chi connectivity index (χ2n) is 7.22. The summed E-state index contributed by atoms with van der Waals surface area (Å²) in [6, 6.07) is 0. The quantitative estimate of drug-likeness (QED) is 0.275. The summed E-state index contributed by atoms with van der Waals surface area (Å²) in [5, 5.41) is 0. The molecule has 21 heavy (non-hydrogen) atoms. The Balaban J connectivity index is 3.08. The van der Waals surface area contributed by atoms with Crippen molar-refractivity contribution >= 4 is 0 Å². The first-order valence-electron chi connectivity index (χ1n) is 9.78. The van der Waals surface area contributed by atoms with Gasteiger partial charge in [0.2, 0.25) is 0 Å². The second-order valence-corrected chi connectivity index (χ2v) is 7.22. The van der Waals surface area contributed by atoms with Crippen molar-refractivity contribution in [3.05, 3.63) is 0 Å². The van der Waals surface area contributed by atoms with Crippen LogP contribution in [0.4, 0.5) is 0 Å². The van der Waals surface area contributed by atoms with Gasteiger partial charge in [-0.05, 0) is 19.3 Å². The molecule has 0 aliphatic heterocycles. The van der Waals surface area contributed by atoms with Crippen molar-refractivity contribution in [1.82, 2.24) is 0 Å². The highest BCUT2D eigenvalue weighted by Gasteiger charge is 2.03. The van der Waals surface area contributed by atoms with E-state index in [1.807, 2.05) is 0 Å². The maximum atomic E-state index is 5.80. The lowest BCUT2D eigenvalue weighted by atomic mass is 10.0. The van der Waals surface area contributed by atoms with Gasteiger partial charge < -0.3 is 4.74 Å². The minimum atomic E-state index is 0.454. The molecule has 1 atom stereocenters. The zero-order valence-corrected chi connectivity index (χ0v) is 15.5. The molecular weight excluding hydrogens is 256 g/mol. The van der Waals surface area contributed by atoms with Crippen LogP contribution in [0.5, 0.6) is 0 Å². The fourth-order valence-corrected chi connectivity index (χ4v) is 2.71. The van der Waals surface area contributed by atoms with Crippen LogP contribution >= 0.6 is 0 Å². The van der Waals surface area contributed by atoms with E-state index in [9.17, 15) is 0 Å². The first-order valence-corrected chi connectivity index (χ1v) is 9.78. The molecule has 0 aromatic carbocycles. The largest absolute Gasteiger partial charge is 0.378 e. The molecule has 128 valence electrons. The summed E-state index contributed by atoms with van der Waals surface area (Å²) in [7, 11) is 0. The van der Waals surface area contributed by atoms with Crippen LogP contribution in [0, 0.1) is 5.92 Å². The normalized spacial score (nSPS) is 13.0. The molecule has 0 N–H and O–H groups in total. The van der Waals surface area contributed by atoms with Gasteiger partial charge in [-0.15, -0.1) is 0 Å². The van der Waals surface area contributed by atoms with Gasteiger partial charge in [-0.1, -0.05) is 97.8 Å². The smallest absolute Gasteiger partial charge is 0.0547 e. The third-order valence-corrected chi connectivity index (χ3v) is 4.18. The minimum Gasteiger partial charge on any atom is -0.378 e. The number of hydrogen-bond donors (Lipinski definition) is 0. The average Bonchev–Trinajstić information content (AvgIpc) is 2.46. The van der Waals surface area contributed by atoms with E-state index in [1.54, 1.807) is 0 Å². The SMILES string of the molecule is CCCCCCCCCCCCCCC(C)OCC(C)C. The Morgan fingerprint density at radius 3 is 1.48 bits per heavy atom. The lowest BCUT2D eigenvalue weighted by Crippen LogP contribution is -2.12. The molecule has 0 aromatic rings. The minimum absolute atomic E-state index is 0.454. The van der Waals surface area contributed by atoms with Gasteiger partial charge >= 0.3 is 0 Å². The number of hydrogen-bond acceptors (Lipinski definition) is 1. The third-order valence-electron chi connectivity index (χ3n) is 4.18. The molecule has 1 heteroatoms. The van der Waals surface area contributed by atoms with Gasteiger partial charge in [-0.2, -0.15) is 0 Å². The van der Waals surface area contributed by atoms with Crippen LogP contribution < -0.4 is 0 Å². The van der Waals surface area contributed by atoms with E-state index in [0.29, 0.717) is 12.0 Å². The molecule has 0 aliphatic carbocycles. The Morgan fingerprint density at radius 2 is 1.05 bits per heavy atom. The Bertz CT molecular complexity index is 188. The Morgan fingerprint density at radius 1 is 0.619 bits per heavy atom. The molecule has 0 spiro atoms. The molecule has 1 nitrogen and oxygen atoms in total. The molecule has 0 aliphatic rings. The van der Waals surface area contributed by atoms with Crippen molar-refractivity contribution in [2.75, 3.05) is 6.61 Å². The van der Waals surface area contributed by atoms with Crippen molar-refractivity contribution in [3.8, 4) is 0 Å². The van der Waals surface area contributed by atoms with E-state index in [0.717, 1.165) is 6.61 Å². The van der Waals surface area contributed by atoms with Gasteiger partial charge in [-0.25, -0.2) is 0 Å². The van der Waals surface area contributed by atoms with E-state index < -0.39 is 0 Å². The summed E-state index contributed by atoms with van der Waals surface area (Å²) in [6.07, 6.45) is 18.8. The number of rotatable bonds is 16. The van der Waals surface area contributed by atoms with Crippen molar-refractivity contribution in [1.29, 1.82) is 0 Å². The van der Waals surface area contributed by atoms with Crippen LogP contribution in [0.3, 0.4) is 0 Å². The summed E-state index contributed by atoms with van der Waals surface area (Å²) in [4.78, 5) is 0. The van der Waals surface area contributed by atoms with E-state index in [4.69, 9.17) is 4.74 Å². The van der Waals surface area contributed by atoms with Gasteiger partial charge in [0.15, 0.2) is 0 Å². The van der Waals surface area contributed by atoms with Crippen LogP contribution in [-0.4, -0.2) is 12.7 Å². The molecule has 0 fully saturated rings. The van der Waals surface area contributed by atoms with Crippen molar-refractivity contribution in [2.24, 2.45) is 5.92 Å². The predicted octanol–water partition coefficient (Wildman–Crippen LogP) is 7.14. The van der Waals surface area contributed by atoms with E-state index in [-0.39, 0.29) is 0 Å². The zero-order chi connectivity index (χ0) is 15.8. The molecule has 0 saturated heterocycles. The molecule has 0 saturated carbocycles. The van der Waals surface area contributed by atoms with Gasteiger partial charge in [0.1, 0.15) is 0 Å². The van der Waals surface area contributed by atoms with E-state index >= 15 is 0 Å². The average molecular weight is 299 g/mol. The van der Waals surface area contributed by atoms with E-state index in [2.05, 4.69) is 27.7 Å². The maximum absolute atomic E-state index is 5.80. The van der Waals surface area contributed by atoms with Gasteiger partial charge in [0.25, 0.3) is 0 Å². The molecule has 0 aromatic heterocycles. The van der Waals surface area contributed by atoms with Crippen LogP contribution in [-0.2, 0) is 4.74 Å². The highest BCUT2D eigenvalue weighted by molar-refractivity contribution is 4.54. The summed E-state index contributed by atoms with van der Waals surface area (Å²) in [5.74, 6) is 0.662. The maximum Gasteiger partial charge on any atom is 0.0547 e. The van der Waals surface area contributed by atoms with Gasteiger partial charge in [0.05, 0.1) is 6.10 Å². The zero-order valence-electron chi connectivity index (χ0n) is 15.5. The molecular formula is C20H42O. The molecule has 0 rings (SSSR count). The third kappa shape index (κ3) is 17.9. The first-order chi connectivity index (χ1) is 10.2. The lowest BCUT2D eigenvalue weighted by Gasteiger charge is -2.14. The summed E-state index contributed by atoms with van der Waals surface area (Å²) >= 11 is 0. The highest BCUT2D eigenvalue weighted by Crippen LogP contribution is 2.13. The number of ether oxygens (including phenoxy) is 1. The van der Waals surface area contributed by atoms with Crippen molar-refractivity contribution in [3.63, 3.8) is 0 Å². The Kier molecular flexibility index (Phi) is 16.3. The van der Waals surface area contributed by atoms with Crippen molar-refractivity contribution in [2.45, 2.75) is 117 Å². The first kappa shape index (κ1) is 21.0. The number of unbranched alkanes of at least 4 members (excludes halogenated alkanes) is 11. The highest BCUT2D eigenvalue weighted by atomic mass is 16.5. The summed E-state index contributed by atoms with van der Waals surface area (Å²) < 4.78 is 5.80. The molecule has 0 bridgehead atoms. The second kappa shape index (κ2) is 16.3. The van der Waals surface area contributed by atoms with Crippen molar-refractivity contribution < 1.29 is 4.74 Å². The molecule has 0 radical (unpaired) electrons. The van der Waals surface area contributed by atoms with E-state index in [1.165, 1.54) is 83.5 Å². The van der Waals surface area contributed by atoms with Gasteiger partial charge in [0, 0.05) is 6.61 Å². The van der Waals surface area contributed by atoms with Crippen LogP contribution in [0.15, 0.2) is 0 Å². The lowest BCUT2D eigenvalue weighted by molar-refractivity contribution is 0.0409. The monoisotopic (exact) mass is 298 g/mol. The van der Waals surface area contributed by atoms with Crippen LogP contribution in [0.2, 0.25) is 0 Å².